The molecule has 2 aliphatic heterocycles. The Morgan fingerprint density at radius 1 is 0.889 bits per heavy atom. The van der Waals surface area contributed by atoms with Gasteiger partial charge in [-0.05, 0) is 24.7 Å². The highest BCUT2D eigenvalue weighted by atomic mass is 16.5. The lowest BCUT2D eigenvalue weighted by molar-refractivity contribution is 0.281. The summed E-state index contributed by atoms with van der Waals surface area (Å²) in [6.07, 6.45) is 2.12. The van der Waals surface area contributed by atoms with E-state index in [1.807, 2.05) is 0 Å². The smallest absolute Gasteiger partial charge is 0.273 e. The van der Waals surface area contributed by atoms with Gasteiger partial charge in [-0.25, -0.2) is 9.98 Å². The highest BCUT2D eigenvalue weighted by molar-refractivity contribution is 6.36. The summed E-state index contributed by atoms with van der Waals surface area (Å²) < 4.78 is 11.2. The molecule has 2 heterocycles. The van der Waals surface area contributed by atoms with Gasteiger partial charge in [-0.2, -0.15) is 0 Å². The average Bonchev–Trinajstić information content (AvgIpc) is 2.85. The summed E-state index contributed by atoms with van der Waals surface area (Å²) in [4.78, 5) is 9.12. The van der Waals surface area contributed by atoms with Crippen molar-refractivity contribution in [1.29, 1.82) is 0 Å². The predicted molar refractivity (Wildman–Crippen MR) is 73.3 cm³/mol. The zero-order chi connectivity index (χ0) is 13.1. The Morgan fingerprint density at radius 2 is 1.28 bits per heavy atom. The van der Waals surface area contributed by atoms with E-state index in [2.05, 4.69) is 37.7 Å². The summed E-state index contributed by atoms with van der Waals surface area (Å²) in [6.45, 7) is 10.2. The van der Waals surface area contributed by atoms with Crippen molar-refractivity contribution in [3.63, 3.8) is 0 Å². The van der Waals surface area contributed by atoms with Crippen molar-refractivity contribution in [3.05, 3.63) is 0 Å². The van der Waals surface area contributed by atoms with Crippen molar-refractivity contribution in [3.8, 4) is 0 Å². The molecule has 4 heteroatoms. The second-order valence-electron chi connectivity index (χ2n) is 6.06. The molecule has 102 valence electrons. The van der Waals surface area contributed by atoms with E-state index in [-0.39, 0.29) is 12.1 Å². The van der Waals surface area contributed by atoms with Crippen molar-refractivity contribution < 1.29 is 9.47 Å². The molecule has 18 heavy (non-hydrogen) atoms. The van der Waals surface area contributed by atoms with Gasteiger partial charge in [0, 0.05) is 0 Å². The maximum atomic E-state index is 5.60. The fourth-order valence-corrected chi connectivity index (χ4v) is 2.39. The molecular weight excluding hydrogens is 228 g/mol. The molecule has 2 aliphatic rings. The van der Waals surface area contributed by atoms with Gasteiger partial charge in [0.15, 0.2) is 0 Å². The minimum absolute atomic E-state index is 0.274. The molecule has 0 aliphatic carbocycles. The van der Waals surface area contributed by atoms with Gasteiger partial charge in [-0.15, -0.1) is 0 Å². The number of rotatable bonds is 5. The first-order chi connectivity index (χ1) is 8.54. The molecule has 0 bridgehead atoms. The molecule has 0 amide bonds. The molecule has 0 N–H and O–H groups in total. The molecule has 2 unspecified atom stereocenters. The van der Waals surface area contributed by atoms with Crippen LogP contribution in [0.2, 0.25) is 0 Å². The minimum Gasteiger partial charge on any atom is -0.472 e. The summed E-state index contributed by atoms with van der Waals surface area (Å²) >= 11 is 0. The highest BCUT2D eigenvalue weighted by Crippen LogP contribution is 2.19. The quantitative estimate of drug-likeness (QED) is 0.755. The summed E-state index contributed by atoms with van der Waals surface area (Å²) in [5, 5.41) is 0. The molecule has 2 rings (SSSR count). The van der Waals surface area contributed by atoms with E-state index in [0.29, 0.717) is 36.8 Å². The maximum absolute atomic E-state index is 5.60. The van der Waals surface area contributed by atoms with Crippen molar-refractivity contribution in [2.24, 2.45) is 21.8 Å². The van der Waals surface area contributed by atoms with Crippen LogP contribution in [0.3, 0.4) is 0 Å². The van der Waals surface area contributed by atoms with Crippen molar-refractivity contribution in [2.45, 2.75) is 52.6 Å². The molecule has 4 nitrogen and oxygen atoms in total. The zero-order valence-electron chi connectivity index (χ0n) is 11.8. The molecular formula is C14H24N2O2. The number of nitrogens with zero attached hydrogens (tertiary/aromatic N) is 2. The van der Waals surface area contributed by atoms with Gasteiger partial charge < -0.3 is 9.47 Å². The van der Waals surface area contributed by atoms with Crippen LogP contribution in [0.5, 0.6) is 0 Å². The fourth-order valence-electron chi connectivity index (χ4n) is 2.39. The monoisotopic (exact) mass is 252 g/mol. The maximum Gasteiger partial charge on any atom is 0.273 e. The molecule has 0 aromatic rings. The van der Waals surface area contributed by atoms with E-state index in [1.54, 1.807) is 0 Å². The highest BCUT2D eigenvalue weighted by Gasteiger charge is 2.29. The first-order valence-corrected chi connectivity index (χ1v) is 6.96. The number of hydrogen-bond donors (Lipinski definition) is 0. The van der Waals surface area contributed by atoms with Gasteiger partial charge in [-0.3, -0.25) is 0 Å². The molecule has 0 saturated carbocycles. The SMILES string of the molecule is CC(C)CC1COC(C2=NC(CC(C)C)CO2)=N1. The normalized spacial score (nSPS) is 27.2. The Labute approximate surface area is 109 Å². The number of aliphatic imine (C=N–C) groups is 2. The van der Waals surface area contributed by atoms with Gasteiger partial charge in [0.05, 0.1) is 12.1 Å². The lowest BCUT2D eigenvalue weighted by Gasteiger charge is -2.06. The third kappa shape index (κ3) is 3.47. The Bertz CT molecular complexity index is 314. The Hall–Kier alpha value is -1.06. The second-order valence-corrected chi connectivity index (χ2v) is 6.06. The fraction of sp³-hybridized carbons (Fsp3) is 0.857. The first kappa shape index (κ1) is 13.4. The Kier molecular flexibility index (Phi) is 4.25. The van der Waals surface area contributed by atoms with E-state index in [0.717, 1.165) is 12.8 Å². The summed E-state index contributed by atoms with van der Waals surface area (Å²) in [5.41, 5.74) is 0. The lowest BCUT2D eigenvalue weighted by atomic mass is 10.1. The van der Waals surface area contributed by atoms with Crippen LogP contribution in [0.1, 0.15) is 40.5 Å². The van der Waals surface area contributed by atoms with Crippen molar-refractivity contribution in [2.75, 3.05) is 13.2 Å². The predicted octanol–water partition coefficient (Wildman–Crippen LogP) is 2.67. The molecule has 0 aromatic heterocycles. The van der Waals surface area contributed by atoms with Gasteiger partial charge in [-0.1, -0.05) is 27.7 Å². The largest absolute Gasteiger partial charge is 0.472 e. The lowest BCUT2D eigenvalue weighted by Crippen LogP contribution is -2.14. The average molecular weight is 252 g/mol. The van der Waals surface area contributed by atoms with E-state index in [4.69, 9.17) is 9.47 Å². The topological polar surface area (TPSA) is 43.2 Å². The van der Waals surface area contributed by atoms with Gasteiger partial charge in [0.1, 0.15) is 13.2 Å². The third-order valence-corrected chi connectivity index (χ3v) is 3.09. The van der Waals surface area contributed by atoms with Crippen molar-refractivity contribution >= 4 is 11.8 Å². The molecule has 0 saturated heterocycles. The Balaban J connectivity index is 1.93. The standard InChI is InChI=1S/C14H24N2O2/c1-9(2)5-11-7-17-13(15-11)14-16-12(8-18-14)6-10(3)4/h9-12H,5-8H2,1-4H3. The minimum atomic E-state index is 0.274. The molecule has 0 radical (unpaired) electrons. The molecule has 2 atom stereocenters. The summed E-state index contributed by atoms with van der Waals surface area (Å²) in [7, 11) is 0. The van der Waals surface area contributed by atoms with Crippen LogP contribution in [-0.2, 0) is 9.47 Å². The summed E-state index contributed by atoms with van der Waals surface area (Å²) in [6, 6.07) is 0.547. The van der Waals surface area contributed by atoms with Crippen LogP contribution in [-0.4, -0.2) is 37.1 Å². The van der Waals surface area contributed by atoms with Crippen LogP contribution in [0.25, 0.3) is 0 Å². The van der Waals surface area contributed by atoms with Crippen LogP contribution in [0.15, 0.2) is 9.98 Å². The Morgan fingerprint density at radius 3 is 1.61 bits per heavy atom. The van der Waals surface area contributed by atoms with Crippen molar-refractivity contribution in [1.82, 2.24) is 0 Å². The first-order valence-electron chi connectivity index (χ1n) is 6.96. The van der Waals surface area contributed by atoms with Gasteiger partial charge >= 0.3 is 0 Å². The van der Waals surface area contributed by atoms with Gasteiger partial charge in [0.25, 0.3) is 11.8 Å². The third-order valence-electron chi connectivity index (χ3n) is 3.09. The van der Waals surface area contributed by atoms with Crippen LogP contribution >= 0.6 is 0 Å². The zero-order valence-corrected chi connectivity index (χ0v) is 11.8. The molecule has 0 spiro atoms. The van der Waals surface area contributed by atoms with Crippen LogP contribution in [0, 0.1) is 11.8 Å². The van der Waals surface area contributed by atoms with E-state index < -0.39 is 0 Å². The van der Waals surface area contributed by atoms with E-state index >= 15 is 0 Å². The molecule has 0 aromatic carbocycles. The number of hydrogen-bond acceptors (Lipinski definition) is 4. The van der Waals surface area contributed by atoms with E-state index in [9.17, 15) is 0 Å². The second kappa shape index (κ2) is 5.72. The van der Waals surface area contributed by atoms with Crippen LogP contribution in [0.4, 0.5) is 0 Å². The molecule has 0 fully saturated rings. The van der Waals surface area contributed by atoms with Gasteiger partial charge in [0.2, 0.25) is 0 Å². The number of ether oxygens (including phenoxy) is 2. The van der Waals surface area contributed by atoms with Crippen LogP contribution < -0.4 is 0 Å². The van der Waals surface area contributed by atoms with E-state index in [1.165, 1.54) is 0 Å². The summed E-state index contributed by atoms with van der Waals surface area (Å²) in [5.74, 6) is 2.52.